The van der Waals surface area contributed by atoms with Crippen LogP contribution in [0.5, 0.6) is 0 Å². The van der Waals surface area contributed by atoms with Crippen LogP contribution < -0.4 is 40.0 Å². The Balaban J connectivity index is -0.000000443. The van der Waals surface area contributed by atoms with Crippen LogP contribution in [-0.4, -0.2) is 62.9 Å². The van der Waals surface area contributed by atoms with Crippen molar-refractivity contribution in [2.24, 2.45) is 14.1 Å². The number of rotatable bonds is 6. The van der Waals surface area contributed by atoms with Crippen LogP contribution in [0.3, 0.4) is 0 Å². The summed E-state index contributed by atoms with van der Waals surface area (Å²) < 4.78 is 7.70. The van der Waals surface area contributed by atoms with Gasteiger partial charge in [0.15, 0.2) is 0 Å². The van der Waals surface area contributed by atoms with Crippen molar-refractivity contribution in [3.05, 3.63) is 35.9 Å². The fourth-order valence-corrected chi connectivity index (χ4v) is 2.29. The summed E-state index contributed by atoms with van der Waals surface area (Å²) in [6.45, 7) is 3.16. The van der Waals surface area contributed by atoms with Gasteiger partial charge >= 0.3 is 55.6 Å². The first kappa shape index (κ1) is 32.8. The smallest absolute Gasteiger partial charge is 0.870 e. The molecule has 0 radical (unpaired) electrons. The van der Waals surface area contributed by atoms with Crippen LogP contribution in [0.25, 0.3) is 0 Å². The van der Waals surface area contributed by atoms with Crippen LogP contribution in [-0.2, 0) is 18.8 Å². The van der Waals surface area contributed by atoms with Gasteiger partial charge in [0.25, 0.3) is 0 Å². The van der Waals surface area contributed by atoms with Gasteiger partial charge in [-0.1, -0.05) is 7.43 Å². The van der Waals surface area contributed by atoms with E-state index in [2.05, 4.69) is 15.2 Å². The average molecular weight is 434 g/mol. The number of esters is 1. The van der Waals surface area contributed by atoms with Crippen molar-refractivity contribution >= 4 is 37.4 Å². The fraction of sp³-hybridized carbons (Fsp3) is 0.375. The van der Waals surface area contributed by atoms with Crippen molar-refractivity contribution in [1.29, 1.82) is 0 Å². The number of aromatic nitrogens is 2. The van der Waals surface area contributed by atoms with E-state index >= 15 is 0 Å². The number of carboxylic acids is 1. The molecule has 0 fully saturated rings. The molecule has 2 rings (SSSR count). The predicted molar refractivity (Wildman–Crippen MR) is 113 cm³/mol. The number of nitrogens with one attached hydrogen (secondary N) is 2. The summed E-state index contributed by atoms with van der Waals surface area (Å²) in [4.78, 5) is 21.8. The molecule has 2 aromatic heterocycles. The molecule has 30 heavy (non-hydrogen) atoms. The predicted octanol–water partition coefficient (Wildman–Crippen LogP) is -1.96. The SMILES string of the molecule is C.CB(O)Nc1cc(C(=O)O)n(C)c1.COC(=O)c1cc(NB(C)O)cn1C.[Na+].[OH-]. The number of hydrogen-bond donors (Lipinski definition) is 5. The van der Waals surface area contributed by atoms with Gasteiger partial charge < -0.3 is 45.0 Å². The number of carbonyl (C=O) groups excluding carboxylic acids is 1. The third-order valence-electron chi connectivity index (χ3n) is 3.37. The molecule has 2 heterocycles. The number of ether oxygens (including phenoxy) is 1. The Hall–Kier alpha value is -1.89. The molecular formula is C16H29B2N4NaO7. The van der Waals surface area contributed by atoms with Crippen molar-refractivity contribution in [3.8, 4) is 0 Å². The molecule has 2 aromatic rings. The second-order valence-electron chi connectivity index (χ2n) is 5.89. The molecule has 0 atom stereocenters. The average Bonchev–Trinajstić information content (AvgIpc) is 3.08. The van der Waals surface area contributed by atoms with Crippen LogP contribution in [0.4, 0.5) is 11.4 Å². The van der Waals surface area contributed by atoms with Gasteiger partial charge in [0.2, 0.25) is 0 Å². The molecule has 0 aliphatic heterocycles. The van der Waals surface area contributed by atoms with Gasteiger partial charge in [-0.3, -0.25) is 0 Å². The third-order valence-corrected chi connectivity index (χ3v) is 3.37. The number of aryl methyl sites for hydroxylation is 2. The first-order valence-electron chi connectivity index (χ1n) is 8.08. The Labute approximate surface area is 199 Å². The zero-order valence-corrected chi connectivity index (χ0v) is 19.4. The summed E-state index contributed by atoms with van der Waals surface area (Å²) in [6.07, 6.45) is 3.31. The zero-order valence-electron chi connectivity index (χ0n) is 17.4. The Morgan fingerprint density at radius 2 is 1.33 bits per heavy atom. The van der Waals surface area contributed by atoms with Gasteiger partial charge in [0, 0.05) is 37.9 Å². The summed E-state index contributed by atoms with van der Waals surface area (Å²) in [5, 5.41) is 32.2. The summed E-state index contributed by atoms with van der Waals surface area (Å²) >= 11 is 0. The van der Waals surface area contributed by atoms with E-state index in [0.717, 1.165) is 0 Å². The van der Waals surface area contributed by atoms with Gasteiger partial charge in [-0.05, 0) is 25.8 Å². The molecule has 0 aliphatic carbocycles. The van der Waals surface area contributed by atoms with E-state index in [9.17, 15) is 9.59 Å². The van der Waals surface area contributed by atoms with Crippen molar-refractivity contribution in [2.75, 3.05) is 17.6 Å². The van der Waals surface area contributed by atoms with Crippen molar-refractivity contribution < 1.29 is 64.5 Å². The Kier molecular flexibility index (Phi) is 16.4. The maximum Gasteiger partial charge on any atom is 1.00 e. The Morgan fingerprint density at radius 1 is 0.967 bits per heavy atom. The molecular weight excluding hydrogens is 405 g/mol. The molecule has 0 amide bonds. The van der Waals surface area contributed by atoms with Crippen molar-refractivity contribution in [3.63, 3.8) is 0 Å². The van der Waals surface area contributed by atoms with Gasteiger partial charge in [0.1, 0.15) is 11.4 Å². The molecule has 0 aliphatic rings. The molecule has 0 saturated carbocycles. The van der Waals surface area contributed by atoms with Crippen LogP contribution in [0.15, 0.2) is 24.5 Å². The Morgan fingerprint density at radius 3 is 1.63 bits per heavy atom. The zero-order chi connectivity index (χ0) is 20.7. The number of carboxylic acid groups (broad SMARTS) is 1. The first-order chi connectivity index (χ1) is 12.5. The molecule has 0 saturated heterocycles. The van der Waals surface area contributed by atoms with Crippen LogP contribution in [0, 0.1) is 0 Å². The van der Waals surface area contributed by atoms with E-state index in [1.165, 1.54) is 17.7 Å². The number of anilines is 2. The van der Waals surface area contributed by atoms with E-state index in [-0.39, 0.29) is 48.2 Å². The van der Waals surface area contributed by atoms with Crippen molar-refractivity contribution in [2.45, 2.75) is 21.1 Å². The van der Waals surface area contributed by atoms with E-state index in [4.69, 9.17) is 15.2 Å². The van der Waals surface area contributed by atoms with E-state index < -0.39 is 26.0 Å². The van der Waals surface area contributed by atoms with Crippen LogP contribution in [0.1, 0.15) is 28.4 Å². The second-order valence-corrected chi connectivity index (χ2v) is 5.89. The van der Waals surface area contributed by atoms with Crippen LogP contribution in [0.2, 0.25) is 13.6 Å². The van der Waals surface area contributed by atoms with E-state index in [1.807, 2.05) is 0 Å². The fourth-order valence-electron chi connectivity index (χ4n) is 2.29. The van der Waals surface area contributed by atoms with Gasteiger partial charge in [-0.2, -0.15) is 0 Å². The molecule has 0 unspecified atom stereocenters. The number of aromatic carboxylic acids is 1. The standard InChI is InChI=1S/C8H13BN2O3.C7H11BN2O3.CH4.Na.H2O/c1-9(13)10-6-4-7(8(12)14-3)11(2)5-6;1-8(13)9-5-3-6(7(11)12)10(2)4-5;;;/h4-5,10,13H,1-3H3;3-4,9,13H,1-2H3,(H,11,12);1H4;;1H2/q;;;+1;/p-1. The minimum atomic E-state index is -0.985. The summed E-state index contributed by atoms with van der Waals surface area (Å²) in [5.74, 6) is -1.38. The summed E-state index contributed by atoms with van der Waals surface area (Å²) in [7, 11) is 3.36. The summed E-state index contributed by atoms with van der Waals surface area (Å²) in [5.41, 5.74) is 1.90. The third kappa shape index (κ3) is 10.2. The topological polar surface area (TPSA) is 168 Å². The molecule has 0 aromatic carbocycles. The number of methoxy groups -OCH3 is 1. The molecule has 11 nitrogen and oxygen atoms in total. The van der Waals surface area contributed by atoms with Gasteiger partial charge in [-0.25, -0.2) is 9.59 Å². The first-order valence-corrected chi connectivity index (χ1v) is 8.08. The maximum absolute atomic E-state index is 11.2. The largest absolute Gasteiger partial charge is 1.00 e. The monoisotopic (exact) mass is 434 g/mol. The summed E-state index contributed by atoms with van der Waals surface area (Å²) in [6, 6.07) is 3.09. The van der Waals surface area contributed by atoms with Gasteiger partial charge in [0.05, 0.1) is 7.11 Å². The van der Waals surface area contributed by atoms with E-state index in [0.29, 0.717) is 17.1 Å². The molecule has 0 spiro atoms. The van der Waals surface area contributed by atoms with Crippen molar-refractivity contribution in [1.82, 2.24) is 9.13 Å². The van der Waals surface area contributed by atoms with E-state index in [1.54, 1.807) is 50.8 Å². The molecule has 0 bridgehead atoms. The second kappa shape index (κ2) is 15.0. The quantitative estimate of drug-likeness (QED) is 0.256. The Bertz CT molecular complexity index is 797. The minimum Gasteiger partial charge on any atom is -0.870 e. The van der Waals surface area contributed by atoms with Crippen LogP contribution >= 0.6 is 0 Å². The molecule has 6 N–H and O–H groups in total. The molecule has 14 heteroatoms. The number of nitrogens with zero attached hydrogens (tertiary/aromatic N) is 2. The molecule has 162 valence electrons. The minimum absolute atomic E-state index is 0. The van der Waals surface area contributed by atoms with Gasteiger partial charge in [-0.15, -0.1) is 0 Å². The number of carbonyl (C=O) groups is 2. The number of hydrogen-bond acceptors (Lipinski definition) is 8. The normalized spacial score (nSPS) is 8.77. The maximum atomic E-state index is 11.2.